The Morgan fingerprint density at radius 2 is 1.78 bits per heavy atom. The zero-order valence-electron chi connectivity index (χ0n) is 15.5. The van der Waals surface area contributed by atoms with Crippen LogP contribution in [-0.2, 0) is 13.0 Å². The fourth-order valence-corrected chi connectivity index (χ4v) is 2.81. The van der Waals surface area contributed by atoms with Crippen molar-refractivity contribution < 1.29 is 4.39 Å². The van der Waals surface area contributed by atoms with Gasteiger partial charge in [-0.15, -0.1) is 0 Å². The van der Waals surface area contributed by atoms with Crippen LogP contribution in [0, 0.1) is 5.82 Å². The summed E-state index contributed by atoms with van der Waals surface area (Å²) >= 11 is 0. The first-order valence-electron chi connectivity index (χ1n) is 8.88. The molecule has 1 aromatic heterocycles. The van der Waals surface area contributed by atoms with E-state index < -0.39 is 0 Å². The van der Waals surface area contributed by atoms with Crippen molar-refractivity contribution in [3.05, 3.63) is 108 Å². The number of aromatic nitrogens is 1. The third kappa shape index (κ3) is 5.14. The second kappa shape index (κ2) is 8.45. The third-order valence-corrected chi connectivity index (χ3v) is 4.35. The Kier molecular flexibility index (Phi) is 5.82. The van der Waals surface area contributed by atoms with Crippen molar-refractivity contribution in [2.45, 2.75) is 19.9 Å². The number of benzene rings is 2. The molecule has 0 unspecified atom stereocenters. The summed E-state index contributed by atoms with van der Waals surface area (Å²) in [6.45, 7) is 10.6. The average molecular weight is 358 g/mol. The van der Waals surface area contributed by atoms with Crippen LogP contribution in [0.25, 0.3) is 16.8 Å². The molecule has 3 aromatic rings. The van der Waals surface area contributed by atoms with Crippen LogP contribution in [0.15, 0.2) is 85.7 Å². The zero-order chi connectivity index (χ0) is 19.2. The van der Waals surface area contributed by atoms with Gasteiger partial charge in [0.15, 0.2) is 0 Å². The lowest BCUT2D eigenvalue weighted by molar-refractivity contribution is 0.623. The van der Waals surface area contributed by atoms with Gasteiger partial charge < -0.3 is 5.32 Å². The first-order valence-corrected chi connectivity index (χ1v) is 8.88. The van der Waals surface area contributed by atoms with Gasteiger partial charge in [0, 0.05) is 30.4 Å². The maximum atomic E-state index is 13.2. The highest BCUT2D eigenvalue weighted by Gasteiger charge is 2.03. The van der Waals surface area contributed by atoms with Crippen LogP contribution in [0.3, 0.4) is 0 Å². The Hall–Kier alpha value is -3.20. The van der Waals surface area contributed by atoms with E-state index in [1.165, 1.54) is 12.1 Å². The molecule has 0 saturated heterocycles. The van der Waals surface area contributed by atoms with E-state index >= 15 is 0 Å². The molecule has 0 aliphatic heterocycles. The van der Waals surface area contributed by atoms with E-state index in [1.807, 2.05) is 25.3 Å². The predicted octanol–water partition coefficient (Wildman–Crippen LogP) is 5.77. The average Bonchev–Trinajstić information content (AvgIpc) is 2.67. The molecule has 1 heterocycles. The van der Waals surface area contributed by atoms with E-state index in [2.05, 4.69) is 53.8 Å². The van der Waals surface area contributed by atoms with Gasteiger partial charge in [-0.2, -0.15) is 0 Å². The van der Waals surface area contributed by atoms with Crippen molar-refractivity contribution in [1.29, 1.82) is 0 Å². The summed E-state index contributed by atoms with van der Waals surface area (Å²) in [5, 5.41) is 3.24. The number of halogens is 1. The maximum absolute atomic E-state index is 13.2. The summed E-state index contributed by atoms with van der Waals surface area (Å²) in [7, 11) is 0. The number of hydrogen-bond donors (Lipinski definition) is 1. The van der Waals surface area contributed by atoms with E-state index in [0.717, 1.165) is 39.2 Å². The van der Waals surface area contributed by atoms with E-state index in [9.17, 15) is 4.39 Å². The first-order chi connectivity index (χ1) is 13.0. The van der Waals surface area contributed by atoms with Crippen LogP contribution in [0.4, 0.5) is 4.39 Å². The highest BCUT2D eigenvalue weighted by molar-refractivity contribution is 5.66. The molecule has 3 heteroatoms. The smallest absolute Gasteiger partial charge is 0.123 e. The van der Waals surface area contributed by atoms with Crippen LogP contribution >= 0.6 is 0 Å². The van der Waals surface area contributed by atoms with Crippen LogP contribution in [0.5, 0.6) is 0 Å². The highest BCUT2D eigenvalue weighted by atomic mass is 19.1. The molecule has 0 saturated carbocycles. The largest absolute Gasteiger partial charge is 0.384 e. The number of allylic oxidation sites excluding steroid dienone is 2. The standard InChI is InChI=1S/C24H23FN2/c1-17(2)21-8-10-22(11-9-21)24-12-7-20(16-27-24)13-18(3)26-15-19-5-4-6-23(25)14-19/h4-12,14,16,26H,1,3,13,15H2,2H3. The Labute approximate surface area is 160 Å². The molecule has 0 aliphatic carbocycles. The molecule has 0 amide bonds. The molecule has 0 aliphatic rings. The molecule has 0 fully saturated rings. The number of pyridine rings is 1. The quantitative estimate of drug-likeness (QED) is 0.580. The Balaban J connectivity index is 1.58. The van der Waals surface area contributed by atoms with E-state index in [1.54, 1.807) is 6.07 Å². The van der Waals surface area contributed by atoms with Crippen LogP contribution in [0.1, 0.15) is 23.6 Å². The number of rotatable bonds is 7. The van der Waals surface area contributed by atoms with Gasteiger partial charge in [-0.3, -0.25) is 4.98 Å². The van der Waals surface area contributed by atoms with Crippen molar-refractivity contribution in [3.8, 4) is 11.3 Å². The van der Waals surface area contributed by atoms with Gasteiger partial charge in [-0.1, -0.05) is 61.2 Å². The molecule has 0 spiro atoms. The molecule has 27 heavy (non-hydrogen) atoms. The summed E-state index contributed by atoms with van der Waals surface area (Å²) in [4.78, 5) is 4.57. The lowest BCUT2D eigenvalue weighted by atomic mass is 10.0. The van der Waals surface area contributed by atoms with Crippen LogP contribution < -0.4 is 5.32 Å². The summed E-state index contributed by atoms with van der Waals surface area (Å²) in [6, 6.07) is 18.9. The highest BCUT2D eigenvalue weighted by Crippen LogP contribution is 2.20. The molecule has 1 N–H and O–H groups in total. The van der Waals surface area contributed by atoms with Crippen molar-refractivity contribution in [2.24, 2.45) is 0 Å². The SMILES string of the molecule is C=C(Cc1ccc(-c2ccc(C(=C)C)cc2)nc1)NCc1cccc(F)c1. The lowest BCUT2D eigenvalue weighted by Crippen LogP contribution is -2.13. The summed E-state index contributed by atoms with van der Waals surface area (Å²) in [5.41, 5.74) is 7.04. The van der Waals surface area contributed by atoms with Gasteiger partial charge in [0.25, 0.3) is 0 Å². The van der Waals surface area contributed by atoms with E-state index in [-0.39, 0.29) is 5.82 Å². The second-order valence-electron chi connectivity index (χ2n) is 6.67. The molecule has 136 valence electrons. The van der Waals surface area contributed by atoms with Crippen molar-refractivity contribution >= 4 is 5.57 Å². The van der Waals surface area contributed by atoms with Crippen molar-refractivity contribution in [2.75, 3.05) is 0 Å². The Morgan fingerprint density at radius 3 is 2.41 bits per heavy atom. The molecule has 0 bridgehead atoms. The zero-order valence-corrected chi connectivity index (χ0v) is 15.5. The van der Waals surface area contributed by atoms with E-state index in [0.29, 0.717) is 13.0 Å². The van der Waals surface area contributed by atoms with Gasteiger partial charge in [0.05, 0.1) is 5.69 Å². The van der Waals surface area contributed by atoms with Gasteiger partial charge in [-0.25, -0.2) is 4.39 Å². The fourth-order valence-electron chi connectivity index (χ4n) is 2.81. The minimum absolute atomic E-state index is 0.226. The molecule has 2 nitrogen and oxygen atoms in total. The molecule has 0 atom stereocenters. The minimum atomic E-state index is -0.226. The number of hydrogen-bond acceptors (Lipinski definition) is 2. The minimum Gasteiger partial charge on any atom is -0.384 e. The van der Waals surface area contributed by atoms with Crippen LogP contribution in [-0.4, -0.2) is 4.98 Å². The maximum Gasteiger partial charge on any atom is 0.123 e. The van der Waals surface area contributed by atoms with Gasteiger partial charge in [-0.05, 0) is 41.8 Å². The topological polar surface area (TPSA) is 24.9 Å². The number of nitrogens with one attached hydrogen (secondary N) is 1. The van der Waals surface area contributed by atoms with Crippen molar-refractivity contribution in [1.82, 2.24) is 10.3 Å². The van der Waals surface area contributed by atoms with Gasteiger partial charge in [0.1, 0.15) is 5.82 Å². The fraction of sp³-hybridized carbons (Fsp3) is 0.125. The number of nitrogens with zero attached hydrogens (tertiary/aromatic N) is 1. The third-order valence-electron chi connectivity index (χ3n) is 4.35. The Bertz CT molecular complexity index is 941. The lowest BCUT2D eigenvalue weighted by Gasteiger charge is -2.10. The predicted molar refractivity (Wildman–Crippen MR) is 110 cm³/mol. The molecule has 0 radical (unpaired) electrons. The summed E-state index contributed by atoms with van der Waals surface area (Å²) in [5.74, 6) is -0.226. The normalized spacial score (nSPS) is 10.4. The molecule has 3 rings (SSSR count). The molecule has 2 aromatic carbocycles. The summed E-state index contributed by atoms with van der Waals surface area (Å²) < 4.78 is 13.2. The van der Waals surface area contributed by atoms with E-state index in [4.69, 9.17) is 0 Å². The van der Waals surface area contributed by atoms with Gasteiger partial charge >= 0.3 is 0 Å². The molecular formula is C24H23FN2. The molecular weight excluding hydrogens is 335 g/mol. The van der Waals surface area contributed by atoms with Gasteiger partial charge in [0.2, 0.25) is 0 Å². The van der Waals surface area contributed by atoms with Crippen molar-refractivity contribution in [3.63, 3.8) is 0 Å². The first kappa shape index (κ1) is 18.6. The second-order valence-corrected chi connectivity index (χ2v) is 6.67. The summed E-state index contributed by atoms with van der Waals surface area (Å²) in [6.07, 6.45) is 2.55. The van der Waals surface area contributed by atoms with Crippen LogP contribution in [0.2, 0.25) is 0 Å². The Morgan fingerprint density at radius 1 is 1.00 bits per heavy atom. The monoisotopic (exact) mass is 358 g/mol.